The van der Waals surface area contributed by atoms with Crippen molar-refractivity contribution in [2.45, 2.75) is 328 Å². The molecule has 0 aliphatic heterocycles. The van der Waals surface area contributed by atoms with E-state index in [1.807, 2.05) is 21.1 Å². The molecule has 2 unspecified atom stereocenters. The maximum absolute atomic E-state index is 12.9. The number of phosphoric acid groups is 1. The van der Waals surface area contributed by atoms with Crippen LogP contribution in [-0.4, -0.2) is 74.9 Å². The highest BCUT2D eigenvalue weighted by atomic mass is 31.2. The maximum atomic E-state index is 12.9. The van der Waals surface area contributed by atoms with Crippen LogP contribution >= 0.6 is 7.82 Å². The Balaban J connectivity index is 3.99. The predicted octanol–water partition coefficient (Wildman–Crippen LogP) is 26.3. The van der Waals surface area contributed by atoms with Crippen molar-refractivity contribution in [2.75, 3.05) is 47.5 Å². The molecule has 9 nitrogen and oxygen atoms in total. The Bertz CT molecular complexity index is 2180. The van der Waals surface area contributed by atoms with Crippen LogP contribution < -0.4 is 0 Å². The lowest BCUT2D eigenvalue weighted by Crippen LogP contribution is -2.37. The monoisotopic (exact) mass is 1350 g/mol. The number of carbonyl (C=O) groups excluding carboxylic acids is 2. The first-order valence-corrected chi connectivity index (χ1v) is 40.7. The van der Waals surface area contributed by atoms with Crippen molar-refractivity contribution in [3.8, 4) is 0 Å². The highest BCUT2D eigenvalue weighted by Crippen LogP contribution is 2.43. The third-order valence-electron chi connectivity index (χ3n) is 16.6. The van der Waals surface area contributed by atoms with Crippen LogP contribution in [0.2, 0.25) is 0 Å². The molecule has 0 rings (SSSR count). The number of nitrogens with zero attached hydrogens (tertiary/aromatic N) is 1. The fourth-order valence-electron chi connectivity index (χ4n) is 10.6. The fraction of sp³-hybridized carbons (Fsp3) is 0.674. The average Bonchev–Trinajstić information content (AvgIpc) is 2.54. The first-order chi connectivity index (χ1) is 47.0. The Morgan fingerprint density at radius 1 is 0.323 bits per heavy atom. The minimum absolute atomic E-state index is 0.0268. The topological polar surface area (TPSA) is 108 Å². The van der Waals surface area contributed by atoms with E-state index >= 15 is 0 Å². The van der Waals surface area contributed by atoms with Gasteiger partial charge in [-0.05, 0) is 122 Å². The zero-order valence-electron chi connectivity index (χ0n) is 62.6. The summed E-state index contributed by atoms with van der Waals surface area (Å²) in [7, 11) is 1.47. The maximum Gasteiger partial charge on any atom is 0.472 e. The van der Waals surface area contributed by atoms with Crippen molar-refractivity contribution in [2.24, 2.45) is 0 Å². The van der Waals surface area contributed by atoms with Gasteiger partial charge in [0, 0.05) is 12.8 Å². The molecule has 96 heavy (non-hydrogen) atoms. The number of carbonyl (C=O) groups is 2. The molecule has 0 aliphatic rings. The summed E-state index contributed by atoms with van der Waals surface area (Å²) < 4.78 is 34.8. The van der Waals surface area contributed by atoms with Gasteiger partial charge in [-0.3, -0.25) is 18.6 Å². The molecule has 10 heteroatoms. The highest BCUT2D eigenvalue weighted by molar-refractivity contribution is 7.47. The van der Waals surface area contributed by atoms with Crippen LogP contribution in [0.5, 0.6) is 0 Å². The normalized spacial score (nSPS) is 13.9. The number of phosphoric ester groups is 1. The summed E-state index contributed by atoms with van der Waals surface area (Å²) in [6.45, 7) is 4.22. The van der Waals surface area contributed by atoms with Crippen LogP contribution in [0.1, 0.15) is 322 Å². The molecule has 0 radical (unpaired) electrons. The zero-order valence-corrected chi connectivity index (χ0v) is 63.5. The number of ether oxygens (including phenoxy) is 2. The van der Waals surface area contributed by atoms with Gasteiger partial charge in [0.25, 0.3) is 0 Å². The lowest BCUT2D eigenvalue weighted by Gasteiger charge is -2.24. The summed E-state index contributed by atoms with van der Waals surface area (Å²) in [4.78, 5) is 36.0. The molecule has 0 aromatic rings. The first kappa shape index (κ1) is 91.6. The lowest BCUT2D eigenvalue weighted by atomic mass is 10.0. The number of esters is 2. The van der Waals surface area contributed by atoms with Gasteiger partial charge in [-0.2, -0.15) is 0 Å². The van der Waals surface area contributed by atoms with Gasteiger partial charge in [0.2, 0.25) is 0 Å². The number of rotatable bonds is 71. The lowest BCUT2D eigenvalue weighted by molar-refractivity contribution is -0.870. The van der Waals surface area contributed by atoms with Gasteiger partial charge in [0.15, 0.2) is 6.10 Å². The number of allylic oxidation sites excluding steroid dienone is 26. The van der Waals surface area contributed by atoms with Crippen molar-refractivity contribution in [1.29, 1.82) is 0 Å². The van der Waals surface area contributed by atoms with Crippen LogP contribution in [0.4, 0.5) is 0 Å². The van der Waals surface area contributed by atoms with Gasteiger partial charge in [-0.25, -0.2) is 4.57 Å². The summed E-state index contributed by atoms with van der Waals surface area (Å²) in [5.41, 5.74) is 0. The van der Waals surface area contributed by atoms with Crippen LogP contribution in [0.25, 0.3) is 0 Å². The van der Waals surface area contributed by atoms with Crippen LogP contribution in [0.15, 0.2) is 158 Å². The highest BCUT2D eigenvalue weighted by Gasteiger charge is 2.27. The minimum atomic E-state index is -4.40. The molecule has 0 aromatic heterocycles. The molecule has 1 N–H and O–H groups in total. The molecule has 0 fully saturated rings. The Labute approximate surface area is 592 Å². The van der Waals surface area contributed by atoms with Crippen molar-refractivity contribution >= 4 is 19.8 Å². The molecule has 0 saturated heterocycles. The number of quaternary nitrogens is 1. The Morgan fingerprint density at radius 3 is 0.833 bits per heavy atom. The SMILES string of the molecule is CC/C=C\C/C=C\C/C=C\C/C=C\C/C=C\C/C=C\C/C=C\CCCCCCCCCCCCCCCCCCCCCC(=O)OC(COC(=O)CCCCCCCCCCCCCC/C=C\C/C=C\C/C=C\C/C=C\C/C=C\C/C=C\CC)COP(=O)(O)OCC[N+](C)(C)C. The van der Waals surface area contributed by atoms with Gasteiger partial charge in [0.05, 0.1) is 27.7 Å². The molecule has 0 bridgehead atoms. The average molecular weight is 1350 g/mol. The van der Waals surface area contributed by atoms with Gasteiger partial charge in [-0.1, -0.05) is 345 Å². The van der Waals surface area contributed by atoms with E-state index < -0.39 is 26.5 Å². The van der Waals surface area contributed by atoms with Crippen LogP contribution in [0, 0.1) is 0 Å². The van der Waals surface area contributed by atoms with E-state index in [1.54, 1.807) is 0 Å². The molecular weight excluding hydrogens is 1210 g/mol. The van der Waals surface area contributed by atoms with E-state index in [1.165, 1.54) is 167 Å². The van der Waals surface area contributed by atoms with Gasteiger partial charge in [0.1, 0.15) is 19.8 Å². The molecule has 0 aromatic carbocycles. The standard InChI is InChI=1S/C86H146NO8P/c1-6-8-10-12-14-16-18-20-22-24-26-28-30-32-34-36-38-39-40-41-42-43-44-45-46-47-49-51-53-55-57-59-61-63-65-67-69-71-73-75-77-79-86(89)95-84(83-94-96(90,91)93-81-80-87(3,4)5)82-92-85(88)78-76-74-72-70-68-66-64-62-60-58-56-54-52-50-48-37-35-33-31-29-27-25-23-21-19-17-15-13-11-9-7-2/h8-11,14-17,20-23,26-29,32-35,38-39,41-42,48,50,84H,6-7,12-13,18-19,24-25,30-31,36-37,40,43-47,49,51-83H2,1-5H3/p+1/b10-8-,11-9-,16-14-,17-15-,22-20-,23-21-,28-26-,29-27-,34-32-,35-33-,39-38-,42-41-,50-48-. The van der Waals surface area contributed by atoms with Crippen molar-refractivity contribution in [3.63, 3.8) is 0 Å². The summed E-state index contributed by atoms with van der Waals surface area (Å²) in [6.07, 6.45) is 112. The summed E-state index contributed by atoms with van der Waals surface area (Å²) in [5, 5.41) is 0. The zero-order chi connectivity index (χ0) is 69.7. The molecule has 0 amide bonds. The fourth-order valence-corrected chi connectivity index (χ4v) is 11.4. The largest absolute Gasteiger partial charge is 0.472 e. The predicted molar refractivity (Wildman–Crippen MR) is 417 cm³/mol. The Kier molecular flexibility index (Phi) is 71.4. The minimum Gasteiger partial charge on any atom is -0.462 e. The second-order valence-electron chi connectivity index (χ2n) is 27.0. The first-order valence-electron chi connectivity index (χ1n) is 39.2. The van der Waals surface area contributed by atoms with E-state index in [-0.39, 0.29) is 32.0 Å². The molecule has 0 heterocycles. The molecular formula is C86H147NO8P+. The smallest absolute Gasteiger partial charge is 0.462 e. The van der Waals surface area contributed by atoms with Crippen LogP contribution in [0.3, 0.4) is 0 Å². The second-order valence-corrected chi connectivity index (χ2v) is 28.4. The van der Waals surface area contributed by atoms with E-state index in [0.717, 1.165) is 122 Å². The van der Waals surface area contributed by atoms with Gasteiger partial charge in [-0.15, -0.1) is 0 Å². The van der Waals surface area contributed by atoms with E-state index in [0.29, 0.717) is 17.4 Å². The second kappa shape index (κ2) is 74.8. The van der Waals surface area contributed by atoms with E-state index in [2.05, 4.69) is 172 Å². The molecule has 0 spiro atoms. The molecule has 2 atom stereocenters. The molecule has 0 aliphatic carbocycles. The van der Waals surface area contributed by atoms with Crippen LogP contribution in [-0.2, 0) is 32.7 Å². The van der Waals surface area contributed by atoms with Crippen molar-refractivity contribution < 1.29 is 42.1 Å². The molecule has 548 valence electrons. The number of hydrogen-bond donors (Lipinski definition) is 1. The third kappa shape index (κ3) is 78.6. The number of hydrogen-bond acceptors (Lipinski definition) is 7. The summed E-state index contributed by atoms with van der Waals surface area (Å²) >= 11 is 0. The summed E-state index contributed by atoms with van der Waals surface area (Å²) in [6, 6.07) is 0. The van der Waals surface area contributed by atoms with E-state index in [9.17, 15) is 19.0 Å². The quantitative estimate of drug-likeness (QED) is 0.0211. The van der Waals surface area contributed by atoms with E-state index in [4.69, 9.17) is 18.5 Å². The van der Waals surface area contributed by atoms with Gasteiger partial charge >= 0.3 is 19.8 Å². The number of likely N-dealkylation sites (N-methyl/N-ethyl adjacent to an activating group) is 1. The third-order valence-corrected chi connectivity index (χ3v) is 17.5. The van der Waals surface area contributed by atoms with Crippen molar-refractivity contribution in [1.82, 2.24) is 0 Å². The summed E-state index contributed by atoms with van der Waals surface area (Å²) in [5.74, 6) is -0.795. The van der Waals surface area contributed by atoms with Gasteiger partial charge < -0.3 is 18.9 Å². The Morgan fingerprint density at radius 2 is 0.562 bits per heavy atom. The Hall–Kier alpha value is -4.37. The molecule has 0 saturated carbocycles. The van der Waals surface area contributed by atoms with Crippen molar-refractivity contribution in [3.05, 3.63) is 158 Å². The number of unbranched alkanes of at least 4 members (excludes halogenated alkanes) is 31.